The molecule has 156 valence electrons. The number of sulfone groups is 1. The first-order chi connectivity index (χ1) is 13.8. The Morgan fingerprint density at radius 3 is 2.62 bits per heavy atom. The van der Waals surface area contributed by atoms with E-state index in [9.17, 15) is 18.0 Å². The van der Waals surface area contributed by atoms with Crippen LogP contribution < -0.4 is 10.6 Å². The molecule has 2 atom stereocenters. The van der Waals surface area contributed by atoms with Gasteiger partial charge in [-0.05, 0) is 43.4 Å². The first kappa shape index (κ1) is 21.1. The van der Waals surface area contributed by atoms with Gasteiger partial charge in [0, 0.05) is 19.3 Å². The van der Waals surface area contributed by atoms with E-state index in [4.69, 9.17) is 0 Å². The molecule has 7 nitrogen and oxygen atoms in total. The maximum absolute atomic E-state index is 12.6. The third kappa shape index (κ3) is 5.93. The molecule has 2 unspecified atom stereocenters. The fraction of sp³-hybridized carbons (Fsp3) is 0.429. The third-order valence-corrected chi connectivity index (χ3v) is 7.02. The molecular formula is C21H27N3O4S. The van der Waals surface area contributed by atoms with Crippen molar-refractivity contribution in [3.05, 3.63) is 59.9 Å². The molecule has 2 heterocycles. The number of benzene rings is 1. The summed E-state index contributed by atoms with van der Waals surface area (Å²) in [5.74, 6) is -0.385. The first-order valence-electron chi connectivity index (χ1n) is 9.82. The second-order valence-electron chi connectivity index (χ2n) is 7.53. The minimum absolute atomic E-state index is 0.0536. The van der Waals surface area contributed by atoms with E-state index < -0.39 is 15.9 Å². The predicted octanol–water partition coefficient (Wildman–Crippen LogP) is 1.40. The van der Waals surface area contributed by atoms with Gasteiger partial charge in [0.25, 0.3) is 5.91 Å². The van der Waals surface area contributed by atoms with Gasteiger partial charge in [-0.1, -0.05) is 30.3 Å². The van der Waals surface area contributed by atoms with Crippen LogP contribution in [0.2, 0.25) is 0 Å². The molecule has 0 spiro atoms. The largest absolute Gasteiger partial charge is 0.354 e. The number of nitrogens with zero attached hydrogens (tertiary/aromatic N) is 1. The number of aryl methyl sites for hydroxylation is 2. The summed E-state index contributed by atoms with van der Waals surface area (Å²) in [7, 11) is -2.97. The lowest BCUT2D eigenvalue weighted by Crippen LogP contribution is -2.46. The zero-order valence-electron chi connectivity index (χ0n) is 16.5. The Morgan fingerprint density at radius 1 is 1.17 bits per heavy atom. The smallest absolute Gasteiger partial charge is 0.268 e. The molecule has 29 heavy (non-hydrogen) atoms. The van der Waals surface area contributed by atoms with Crippen molar-refractivity contribution in [2.45, 2.75) is 32.4 Å². The van der Waals surface area contributed by atoms with Gasteiger partial charge in [0.15, 0.2) is 9.84 Å². The summed E-state index contributed by atoms with van der Waals surface area (Å²) in [6, 6.07) is 12.9. The van der Waals surface area contributed by atoms with Crippen molar-refractivity contribution in [1.82, 2.24) is 15.2 Å². The van der Waals surface area contributed by atoms with Gasteiger partial charge in [0.1, 0.15) is 11.7 Å². The summed E-state index contributed by atoms with van der Waals surface area (Å²) in [6.07, 6.45) is 3.22. The van der Waals surface area contributed by atoms with E-state index in [-0.39, 0.29) is 29.2 Å². The molecule has 1 fully saturated rings. The number of aromatic nitrogens is 1. The Labute approximate surface area is 171 Å². The Kier molecular flexibility index (Phi) is 6.74. The minimum Gasteiger partial charge on any atom is -0.354 e. The van der Waals surface area contributed by atoms with E-state index >= 15 is 0 Å². The third-order valence-electron chi connectivity index (χ3n) is 5.18. The topological polar surface area (TPSA) is 97.3 Å². The predicted molar refractivity (Wildman–Crippen MR) is 111 cm³/mol. The van der Waals surface area contributed by atoms with Crippen LogP contribution in [0.1, 0.15) is 29.4 Å². The highest BCUT2D eigenvalue weighted by Gasteiger charge is 2.28. The lowest BCUT2D eigenvalue weighted by Gasteiger charge is -2.17. The first-order valence-corrected chi connectivity index (χ1v) is 11.6. The highest BCUT2D eigenvalue weighted by atomic mass is 32.2. The standard InChI is InChI=1S/C21H27N3O4S/c1-16(20(25)22-14-18-10-13-29(27,28)15-18)23-21(26)19-8-5-11-24(19)12-9-17-6-3-2-4-7-17/h2-8,11,16,18H,9-10,12-15H2,1H3,(H,22,25)(H,23,26). The van der Waals surface area contributed by atoms with Gasteiger partial charge in [0.05, 0.1) is 11.5 Å². The number of carbonyl (C=O) groups is 2. The highest BCUT2D eigenvalue weighted by molar-refractivity contribution is 7.91. The Balaban J connectivity index is 1.49. The van der Waals surface area contributed by atoms with Crippen molar-refractivity contribution >= 4 is 21.7 Å². The van der Waals surface area contributed by atoms with E-state index in [0.29, 0.717) is 25.2 Å². The van der Waals surface area contributed by atoms with Gasteiger partial charge >= 0.3 is 0 Å². The van der Waals surface area contributed by atoms with Gasteiger partial charge in [-0.15, -0.1) is 0 Å². The van der Waals surface area contributed by atoms with Crippen molar-refractivity contribution in [2.75, 3.05) is 18.1 Å². The second-order valence-corrected chi connectivity index (χ2v) is 9.76. The van der Waals surface area contributed by atoms with Crippen LogP contribution in [0, 0.1) is 5.92 Å². The molecule has 2 amide bonds. The average Bonchev–Trinajstić information content (AvgIpc) is 3.31. The van der Waals surface area contributed by atoms with Crippen LogP contribution >= 0.6 is 0 Å². The molecule has 0 saturated carbocycles. The summed E-state index contributed by atoms with van der Waals surface area (Å²) in [5, 5.41) is 5.47. The monoisotopic (exact) mass is 417 g/mol. The molecular weight excluding hydrogens is 390 g/mol. The molecule has 2 aromatic rings. The fourth-order valence-corrected chi connectivity index (χ4v) is 5.34. The molecule has 1 saturated heterocycles. The van der Waals surface area contributed by atoms with Crippen LogP contribution in [0.3, 0.4) is 0 Å². The van der Waals surface area contributed by atoms with Crippen LogP contribution in [-0.4, -0.2) is 48.9 Å². The SMILES string of the molecule is CC(NC(=O)c1cccn1CCc1ccccc1)C(=O)NCC1CCS(=O)(=O)C1. The zero-order chi connectivity index (χ0) is 20.9. The van der Waals surface area contributed by atoms with Crippen molar-refractivity contribution < 1.29 is 18.0 Å². The fourth-order valence-electron chi connectivity index (χ4n) is 3.48. The summed E-state index contributed by atoms with van der Waals surface area (Å²) in [5.41, 5.74) is 1.69. The van der Waals surface area contributed by atoms with Gasteiger partial charge in [-0.25, -0.2) is 8.42 Å². The summed E-state index contributed by atoms with van der Waals surface area (Å²) >= 11 is 0. The van der Waals surface area contributed by atoms with Crippen molar-refractivity contribution in [2.24, 2.45) is 5.92 Å². The molecule has 0 bridgehead atoms. The van der Waals surface area contributed by atoms with Crippen LogP contribution in [0.4, 0.5) is 0 Å². The van der Waals surface area contributed by atoms with Crippen molar-refractivity contribution in [3.8, 4) is 0 Å². The molecule has 3 rings (SSSR count). The number of nitrogens with one attached hydrogen (secondary N) is 2. The number of amides is 2. The van der Waals surface area contributed by atoms with Gasteiger partial charge in [-0.2, -0.15) is 0 Å². The maximum Gasteiger partial charge on any atom is 0.268 e. The normalized spacial score (nSPS) is 18.9. The zero-order valence-corrected chi connectivity index (χ0v) is 17.3. The lowest BCUT2D eigenvalue weighted by molar-refractivity contribution is -0.122. The van der Waals surface area contributed by atoms with Gasteiger partial charge < -0.3 is 15.2 Å². The molecule has 8 heteroatoms. The Bertz CT molecular complexity index is 953. The summed E-state index contributed by atoms with van der Waals surface area (Å²) in [6.45, 7) is 2.60. The average molecular weight is 418 g/mol. The Hall–Kier alpha value is -2.61. The van der Waals surface area contributed by atoms with Crippen LogP contribution in [-0.2, 0) is 27.6 Å². The van der Waals surface area contributed by atoms with Crippen LogP contribution in [0.25, 0.3) is 0 Å². The van der Waals surface area contributed by atoms with Crippen molar-refractivity contribution in [1.29, 1.82) is 0 Å². The Morgan fingerprint density at radius 2 is 1.93 bits per heavy atom. The van der Waals surface area contributed by atoms with Crippen molar-refractivity contribution in [3.63, 3.8) is 0 Å². The molecule has 2 N–H and O–H groups in total. The minimum atomic E-state index is -2.97. The van der Waals surface area contributed by atoms with E-state index in [1.165, 1.54) is 5.56 Å². The quantitative estimate of drug-likeness (QED) is 0.678. The van der Waals surface area contributed by atoms with E-state index in [1.54, 1.807) is 13.0 Å². The number of hydrogen-bond acceptors (Lipinski definition) is 4. The summed E-state index contributed by atoms with van der Waals surface area (Å²) in [4.78, 5) is 24.9. The molecule has 1 aromatic heterocycles. The highest BCUT2D eigenvalue weighted by Crippen LogP contribution is 2.17. The van der Waals surface area contributed by atoms with E-state index in [0.717, 1.165) is 6.42 Å². The number of carbonyl (C=O) groups excluding carboxylic acids is 2. The van der Waals surface area contributed by atoms with Gasteiger partial charge in [0.2, 0.25) is 5.91 Å². The van der Waals surface area contributed by atoms with E-state index in [2.05, 4.69) is 10.6 Å². The molecule has 1 aromatic carbocycles. The lowest BCUT2D eigenvalue weighted by atomic mass is 10.1. The van der Waals surface area contributed by atoms with Gasteiger partial charge in [-0.3, -0.25) is 9.59 Å². The van der Waals surface area contributed by atoms with E-state index in [1.807, 2.05) is 47.2 Å². The molecule has 1 aliphatic heterocycles. The molecule has 0 aliphatic carbocycles. The number of hydrogen-bond donors (Lipinski definition) is 2. The second kappa shape index (κ2) is 9.26. The molecule has 0 radical (unpaired) electrons. The number of rotatable bonds is 8. The summed E-state index contributed by atoms with van der Waals surface area (Å²) < 4.78 is 24.9. The molecule has 1 aliphatic rings. The maximum atomic E-state index is 12.6. The van der Waals surface area contributed by atoms with Crippen LogP contribution in [0.15, 0.2) is 48.7 Å². The van der Waals surface area contributed by atoms with Crippen LogP contribution in [0.5, 0.6) is 0 Å².